The molecule has 0 saturated heterocycles. The standard InChI is InChI=1S/C16H24O4/c1-19-13-8-7-12(11-14(13)20-2)15(17)16(18)9-5-3-4-6-10-16/h7-8,11,15,17-18H,3-6,9-10H2,1-2H3. The minimum absolute atomic E-state index is 0.571. The number of rotatable bonds is 4. The summed E-state index contributed by atoms with van der Waals surface area (Å²) in [5, 5.41) is 21.3. The summed E-state index contributed by atoms with van der Waals surface area (Å²) in [4.78, 5) is 0. The highest BCUT2D eigenvalue weighted by atomic mass is 16.5. The molecule has 4 heteroatoms. The van der Waals surface area contributed by atoms with Crippen LogP contribution in [-0.2, 0) is 0 Å². The average molecular weight is 280 g/mol. The van der Waals surface area contributed by atoms with Crippen LogP contribution in [0.5, 0.6) is 11.5 Å². The Morgan fingerprint density at radius 2 is 1.60 bits per heavy atom. The lowest BCUT2D eigenvalue weighted by atomic mass is 9.84. The highest BCUT2D eigenvalue weighted by Crippen LogP contribution is 2.39. The Morgan fingerprint density at radius 1 is 1.00 bits per heavy atom. The second-order valence-electron chi connectivity index (χ2n) is 5.53. The first-order valence-electron chi connectivity index (χ1n) is 7.23. The monoisotopic (exact) mass is 280 g/mol. The highest BCUT2D eigenvalue weighted by Gasteiger charge is 2.37. The van der Waals surface area contributed by atoms with Gasteiger partial charge in [-0.25, -0.2) is 0 Å². The van der Waals surface area contributed by atoms with E-state index in [2.05, 4.69) is 0 Å². The first-order valence-corrected chi connectivity index (χ1v) is 7.23. The van der Waals surface area contributed by atoms with Crippen LogP contribution in [0.1, 0.15) is 50.2 Å². The van der Waals surface area contributed by atoms with E-state index in [1.54, 1.807) is 32.4 Å². The summed E-state index contributed by atoms with van der Waals surface area (Å²) in [5.41, 5.74) is -0.358. The smallest absolute Gasteiger partial charge is 0.161 e. The molecule has 20 heavy (non-hydrogen) atoms. The van der Waals surface area contributed by atoms with Crippen molar-refractivity contribution in [3.05, 3.63) is 23.8 Å². The van der Waals surface area contributed by atoms with E-state index in [0.29, 0.717) is 29.9 Å². The van der Waals surface area contributed by atoms with E-state index in [1.165, 1.54) is 0 Å². The van der Waals surface area contributed by atoms with Gasteiger partial charge < -0.3 is 19.7 Å². The molecule has 1 aliphatic carbocycles. The molecule has 4 nitrogen and oxygen atoms in total. The van der Waals surface area contributed by atoms with Crippen LogP contribution in [0.25, 0.3) is 0 Å². The van der Waals surface area contributed by atoms with Crippen molar-refractivity contribution in [3.8, 4) is 11.5 Å². The van der Waals surface area contributed by atoms with Crippen LogP contribution in [0, 0.1) is 0 Å². The van der Waals surface area contributed by atoms with E-state index < -0.39 is 11.7 Å². The summed E-state index contributed by atoms with van der Waals surface area (Å²) >= 11 is 0. The molecule has 0 amide bonds. The fourth-order valence-corrected chi connectivity index (χ4v) is 2.95. The summed E-state index contributed by atoms with van der Waals surface area (Å²) in [6.45, 7) is 0. The average Bonchev–Trinajstić information content (AvgIpc) is 2.71. The largest absolute Gasteiger partial charge is 0.493 e. The zero-order chi connectivity index (χ0) is 14.6. The van der Waals surface area contributed by atoms with E-state index in [0.717, 1.165) is 25.7 Å². The third kappa shape index (κ3) is 3.07. The van der Waals surface area contributed by atoms with Gasteiger partial charge >= 0.3 is 0 Å². The van der Waals surface area contributed by atoms with E-state index in [4.69, 9.17) is 9.47 Å². The normalized spacial score (nSPS) is 20.0. The fraction of sp³-hybridized carbons (Fsp3) is 0.625. The van der Waals surface area contributed by atoms with Crippen molar-refractivity contribution in [3.63, 3.8) is 0 Å². The van der Waals surface area contributed by atoms with Gasteiger partial charge in [-0.2, -0.15) is 0 Å². The molecule has 2 rings (SSSR count). The van der Waals surface area contributed by atoms with E-state index in [1.807, 2.05) is 0 Å². The molecule has 1 aromatic rings. The van der Waals surface area contributed by atoms with Crippen LogP contribution in [0.2, 0.25) is 0 Å². The summed E-state index contributed by atoms with van der Waals surface area (Å²) in [6, 6.07) is 5.29. The van der Waals surface area contributed by atoms with Gasteiger partial charge in [0, 0.05) is 0 Å². The molecule has 2 N–H and O–H groups in total. The molecule has 1 fully saturated rings. The number of benzene rings is 1. The first-order chi connectivity index (χ1) is 9.60. The first kappa shape index (κ1) is 15.1. The lowest BCUT2D eigenvalue weighted by molar-refractivity contribution is -0.0868. The van der Waals surface area contributed by atoms with Gasteiger partial charge in [-0.05, 0) is 30.5 Å². The van der Waals surface area contributed by atoms with Crippen molar-refractivity contribution >= 4 is 0 Å². The van der Waals surface area contributed by atoms with E-state index >= 15 is 0 Å². The van der Waals surface area contributed by atoms with Crippen molar-refractivity contribution in [1.82, 2.24) is 0 Å². The van der Waals surface area contributed by atoms with Crippen molar-refractivity contribution in [1.29, 1.82) is 0 Å². The minimum Gasteiger partial charge on any atom is -0.493 e. The van der Waals surface area contributed by atoms with Gasteiger partial charge in [0.25, 0.3) is 0 Å². The third-order valence-corrected chi connectivity index (χ3v) is 4.20. The minimum atomic E-state index is -1.03. The number of ether oxygens (including phenoxy) is 2. The fourth-order valence-electron chi connectivity index (χ4n) is 2.95. The van der Waals surface area contributed by atoms with Crippen LogP contribution in [0.15, 0.2) is 18.2 Å². The highest BCUT2D eigenvalue weighted by molar-refractivity contribution is 5.44. The van der Waals surface area contributed by atoms with Gasteiger partial charge in [-0.15, -0.1) is 0 Å². The van der Waals surface area contributed by atoms with Gasteiger partial charge in [-0.1, -0.05) is 31.7 Å². The predicted octanol–water partition coefficient (Wildman–Crippen LogP) is 2.82. The number of hydrogen-bond donors (Lipinski definition) is 2. The molecule has 0 radical (unpaired) electrons. The van der Waals surface area contributed by atoms with Gasteiger partial charge in [0.1, 0.15) is 6.10 Å². The van der Waals surface area contributed by atoms with Crippen molar-refractivity contribution < 1.29 is 19.7 Å². The molecule has 1 saturated carbocycles. The lowest BCUT2D eigenvalue weighted by Gasteiger charge is -2.32. The maximum Gasteiger partial charge on any atom is 0.161 e. The van der Waals surface area contributed by atoms with Gasteiger partial charge in [0.05, 0.1) is 19.8 Å². The third-order valence-electron chi connectivity index (χ3n) is 4.20. The topological polar surface area (TPSA) is 58.9 Å². The summed E-state index contributed by atoms with van der Waals surface area (Å²) < 4.78 is 10.4. The Morgan fingerprint density at radius 3 is 2.15 bits per heavy atom. The van der Waals surface area contributed by atoms with Crippen molar-refractivity contribution in [2.75, 3.05) is 14.2 Å². The molecule has 1 aromatic carbocycles. The molecule has 0 aliphatic heterocycles. The molecule has 0 bridgehead atoms. The van der Waals surface area contributed by atoms with E-state index in [-0.39, 0.29) is 0 Å². The van der Waals surface area contributed by atoms with Gasteiger partial charge in [0.15, 0.2) is 11.5 Å². The van der Waals surface area contributed by atoms with Crippen LogP contribution >= 0.6 is 0 Å². The zero-order valence-corrected chi connectivity index (χ0v) is 12.3. The van der Waals surface area contributed by atoms with Crippen LogP contribution < -0.4 is 9.47 Å². The predicted molar refractivity (Wildman–Crippen MR) is 77.2 cm³/mol. The Balaban J connectivity index is 2.25. The van der Waals surface area contributed by atoms with Gasteiger partial charge in [0.2, 0.25) is 0 Å². The number of aliphatic hydroxyl groups excluding tert-OH is 1. The Bertz CT molecular complexity index is 436. The molecule has 1 atom stereocenters. The maximum atomic E-state index is 10.7. The Labute approximate surface area is 120 Å². The van der Waals surface area contributed by atoms with E-state index in [9.17, 15) is 10.2 Å². The molecule has 112 valence electrons. The second kappa shape index (κ2) is 6.46. The van der Waals surface area contributed by atoms with Crippen molar-refractivity contribution in [2.24, 2.45) is 0 Å². The second-order valence-corrected chi connectivity index (χ2v) is 5.53. The maximum absolute atomic E-state index is 10.7. The molecule has 1 unspecified atom stereocenters. The number of methoxy groups -OCH3 is 2. The Kier molecular flexibility index (Phi) is 4.89. The van der Waals surface area contributed by atoms with Crippen LogP contribution in [0.3, 0.4) is 0 Å². The van der Waals surface area contributed by atoms with Crippen LogP contribution in [0.4, 0.5) is 0 Å². The summed E-state index contributed by atoms with van der Waals surface area (Å²) in [6.07, 6.45) is 4.56. The molecule has 0 heterocycles. The Hall–Kier alpha value is -1.26. The lowest BCUT2D eigenvalue weighted by Crippen LogP contribution is -2.35. The SMILES string of the molecule is COc1ccc(C(O)C2(O)CCCCCC2)cc1OC. The molecule has 0 spiro atoms. The molecular weight excluding hydrogens is 256 g/mol. The number of hydrogen-bond acceptors (Lipinski definition) is 4. The number of aliphatic hydroxyl groups is 2. The zero-order valence-electron chi connectivity index (χ0n) is 12.3. The van der Waals surface area contributed by atoms with Crippen molar-refractivity contribution in [2.45, 2.75) is 50.2 Å². The summed E-state index contributed by atoms with van der Waals surface area (Å²) in [7, 11) is 3.14. The molecular formula is C16H24O4. The molecule has 0 aromatic heterocycles. The molecule has 1 aliphatic rings. The summed E-state index contributed by atoms with van der Waals surface area (Å²) in [5.74, 6) is 1.19. The van der Waals surface area contributed by atoms with Crippen LogP contribution in [-0.4, -0.2) is 30.0 Å². The van der Waals surface area contributed by atoms with Gasteiger partial charge in [-0.3, -0.25) is 0 Å². The quantitative estimate of drug-likeness (QED) is 0.833.